The SMILES string of the molecule is CCC(C)NC(=O)c1cccc(C(=O)Nc2ccc(F)cc2)c1. The van der Waals surface area contributed by atoms with Crippen molar-refractivity contribution in [1.82, 2.24) is 5.32 Å². The van der Waals surface area contributed by atoms with Gasteiger partial charge in [0.15, 0.2) is 0 Å². The van der Waals surface area contributed by atoms with Crippen molar-refractivity contribution in [2.75, 3.05) is 5.32 Å². The van der Waals surface area contributed by atoms with Gasteiger partial charge in [0.2, 0.25) is 0 Å². The molecule has 120 valence electrons. The number of halogens is 1. The highest BCUT2D eigenvalue weighted by molar-refractivity contribution is 6.06. The lowest BCUT2D eigenvalue weighted by Crippen LogP contribution is -2.32. The van der Waals surface area contributed by atoms with Gasteiger partial charge in [0, 0.05) is 22.9 Å². The summed E-state index contributed by atoms with van der Waals surface area (Å²) in [5.74, 6) is -0.933. The number of carbonyl (C=O) groups excluding carboxylic acids is 2. The third-order valence-corrected chi connectivity index (χ3v) is 3.48. The van der Waals surface area contributed by atoms with E-state index in [1.54, 1.807) is 18.2 Å². The normalized spacial score (nSPS) is 11.6. The zero-order valence-electron chi connectivity index (χ0n) is 13.1. The van der Waals surface area contributed by atoms with Crippen LogP contribution in [0.2, 0.25) is 0 Å². The zero-order chi connectivity index (χ0) is 16.8. The Kier molecular flexibility index (Phi) is 5.46. The number of nitrogens with one attached hydrogen (secondary N) is 2. The quantitative estimate of drug-likeness (QED) is 0.886. The van der Waals surface area contributed by atoms with E-state index >= 15 is 0 Å². The molecule has 0 saturated carbocycles. The van der Waals surface area contributed by atoms with Crippen molar-refractivity contribution in [1.29, 1.82) is 0 Å². The van der Waals surface area contributed by atoms with Crippen LogP contribution in [0, 0.1) is 5.82 Å². The minimum Gasteiger partial charge on any atom is -0.350 e. The van der Waals surface area contributed by atoms with Crippen molar-refractivity contribution in [2.45, 2.75) is 26.3 Å². The summed E-state index contributed by atoms with van der Waals surface area (Å²) in [5, 5.41) is 5.52. The summed E-state index contributed by atoms with van der Waals surface area (Å²) in [6.07, 6.45) is 0.830. The lowest BCUT2D eigenvalue weighted by molar-refractivity contribution is 0.0939. The molecule has 0 heterocycles. The first-order valence-corrected chi connectivity index (χ1v) is 7.47. The van der Waals surface area contributed by atoms with E-state index in [1.165, 1.54) is 30.3 Å². The summed E-state index contributed by atoms with van der Waals surface area (Å²) in [4.78, 5) is 24.3. The Morgan fingerprint density at radius 3 is 2.26 bits per heavy atom. The summed E-state index contributed by atoms with van der Waals surface area (Å²) in [7, 11) is 0. The molecule has 2 aromatic carbocycles. The predicted molar refractivity (Wildman–Crippen MR) is 88.0 cm³/mol. The van der Waals surface area contributed by atoms with Crippen LogP contribution in [-0.4, -0.2) is 17.9 Å². The molecule has 0 bridgehead atoms. The Balaban J connectivity index is 2.10. The van der Waals surface area contributed by atoms with Gasteiger partial charge in [-0.15, -0.1) is 0 Å². The van der Waals surface area contributed by atoms with Crippen LogP contribution in [0.15, 0.2) is 48.5 Å². The first-order valence-electron chi connectivity index (χ1n) is 7.47. The van der Waals surface area contributed by atoms with Gasteiger partial charge in [0.25, 0.3) is 11.8 Å². The molecular weight excluding hydrogens is 295 g/mol. The molecule has 0 aliphatic carbocycles. The fourth-order valence-corrected chi connectivity index (χ4v) is 1.95. The average Bonchev–Trinajstić information content (AvgIpc) is 2.56. The highest BCUT2D eigenvalue weighted by atomic mass is 19.1. The number of hydrogen-bond acceptors (Lipinski definition) is 2. The minimum atomic E-state index is -0.369. The molecule has 1 unspecified atom stereocenters. The van der Waals surface area contributed by atoms with Gasteiger partial charge in [0.1, 0.15) is 5.82 Å². The molecule has 0 aliphatic rings. The molecule has 2 amide bonds. The van der Waals surface area contributed by atoms with Gasteiger partial charge < -0.3 is 10.6 Å². The maximum absolute atomic E-state index is 12.9. The topological polar surface area (TPSA) is 58.2 Å². The molecule has 2 aromatic rings. The molecule has 0 aliphatic heterocycles. The van der Waals surface area contributed by atoms with Crippen LogP contribution in [-0.2, 0) is 0 Å². The molecule has 2 rings (SSSR count). The largest absolute Gasteiger partial charge is 0.350 e. The van der Waals surface area contributed by atoms with E-state index in [1.807, 2.05) is 13.8 Å². The molecule has 0 radical (unpaired) electrons. The summed E-state index contributed by atoms with van der Waals surface area (Å²) in [6, 6.07) is 12.0. The molecule has 0 spiro atoms. The van der Waals surface area contributed by atoms with Gasteiger partial charge in [-0.05, 0) is 55.8 Å². The maximum Gasteiger partial charge on any atom is 0.255 e. The zero-order valence-corrected chi connectivity index (χ0v) is 13.1. The second kappa shape index (κ2) is 7.54. The van der Waals surface area contributed by atoms with E-state index in [2.05, 4.69) is 10.6 Å². The van der Waals surface area contributed by atoms with Crippen molar-refractivity contribution < 1.29 is 14.0 Å². The molecule has 23 heavy (non-hydrogen) atoms. The van der Waals surface area contributed by atoms with Crippen LogP contribution in [0.25, 0.3) is 0 Å². The third kappa shape index (κ3) is 4.64. The summed E-state index contributed by atoms with van der Waals surface area (Å²) >= 11 is 0. The van der Waals surface area contributed by atoms with E-state index in [9.17, 15) is 14.0 Å². The third-order valence-electron chi connectivity index (χ3n) is 3.48. The summed E-state index contributed by atoms with van der Waals surface area (Å²) in [6.45, 7) is 3.90. The monoisotopic (exact) mass is 314 g/mol. The molecule has 1 atom stereocenters. The number of carbonyl (C=O) groups is 2. The second-order valence-corrected chi connectivity index (χ2v) is 5.32. The molecule has 0 fully saturated rings. The highest BCUT2D eigenvalue weighted by Gasteiger charge is 2.12. The summed E-state index contributed by atoms with van der Waals surface area (Å²) in [5.41, 5.74) is 1.29. The Hall–Kier alpha value is -2.69. The van der Waals surface area contributed by atoms with Crippen molar-refractivity contribution >= 4 is 17.5 Å². The van der Waals surface area contributed by atoms with Gasteiger partial charge >= 0.3 is 0 Å². The van der Waals surface area contributed by atoms with Crippen LogP contribution in [0.3, 0.4) is 0 Å². The lowest BCUT2D eigenvalue weighted by Gasteiger charge is -2.12. The standard InChI is InChI=1S/C18H19FN2O2/c1-3-12(2)20-17(22)13-5-4-6-14(11-13)18(23)21-16-9-7-15(19)8-10-16/h4-12H,3H2,1-2H3,(H,20,22)(H,21,23). The smallest absolute Gasteiger partial charge is 0.255 e. The first kappa shape index (κ1) is 16.7. The molecule has 0 aromatic heterocycles. The van der Waals surface area contributed by atoms with Gasteiger partial charge in [-0.1, -0.05) is 13.0 Å². The average molecular weight is 314 g/mol. The van der Waals surface area contributed by atoms with Crippen LogP contribution < -0.4 is 10.6 Å². The van der Waals surface area contributed by atoms with Gasteiger partial charge in [-0.25, -0.2) is 4.39 Å². The van der Waals surface area contributed by atoms with E-state index in [0.29, 0.717) is 16.8 Å². The van der Waals surface area contributed by atoms with E-state index < -0.39 is 0 Å². The fourth-order valence-electron chi connectivity index (χ4n) is 1.95. The van der Waals surface area contributed by atoms with E-state index in [0.717, 1.165) is 6.42 Å². The number of rotatable bonds is 5. The van der Waals surface area contributed by atoms with Crippen molar-refractivity contribution in [3.63, 3.8) is 0 Å². The Morgan fingerprint density at radius 2 is 1.65 bits per heavy atom. The number of amides is 2. The van der Waals surface area contributed by atoms with Gasteiger partial charge in [0.05, 0.1) is 0 Å². The fraction of sp³-hybridized carbons (Fsp3) is 0.222. The Labute approximate surface area is 134 Å². The molecule has 0 saturated heterocycles. The van der Waals surface area contributed by atoms with E-state index in [-0.39, 0.29) is 23.7 Å². The minimum absolute atomic E-state index is 0.0687. The first-order chi connectivity index (χ1) is 11.0. The number of hydrogen-bond donors (Lipinski definition) is 2. The molecule has 2 N–H and O–H groups in total. The number of benzene rings is 2. The Bertz CT molecular complexity index is 698. The lowest BCUT2D eigenvalue weighted by atomic mass is 10.1. The van der Waals surface area contributed by atoms with Crippen LogP contribution in [0.1, 0.15) is 41.0 Å². The predicted octanol–water partition coefficient (Wildman–Crippen LogP) is 3.61. The number of anilines is 1. The highest BCUT2D eigenvalue weighted by Crippen LogP contribution is 2.12. The molecule has 5 heteroatoms. The summed E-state index contributed by atoms with van der Waals surface area (Å²) < 4.78 is 12.9. The molecular formula is C18H19FN2O2. The van der Waals surface area contributed by atoms with E-state index in [4.69, 9.17) is 0 Å². The van der Waals surface area contributed by atoms with Crippen LogP contribution in [0.4, 0.5) is 10.1 Å². The van der Waals surface area contributed by atoms with Crippen molar-refractivity contribution in [3.05, 3.63) is 65.5 Å². The van der Waals surface area contributed by atoms with Gasteiger partial charge in [-0.3, -0.25) is 9.59 Å². The second-order valence-electron chi connectivity index (χ2n) is 5.32. The van der Waals surface area contributed by atoms with Crippen LogP contribution in [0.5, 0.6) is 0 Å². The van der Waals surface area contributed by atoms with Crippen LogP contribution >= 0.6 is 0 Å². The van der Waals surface area contributed by atoms with Gasteiger partial charge in [-0.2, -0.15) is 0 Å². The van der Waals surface area contributed by atoms with Crippen molar-refractivity contribution in [3.8, 4) is 0 Å². The maximum atomic E-state index is 12.9. The van der Waals surface area contributed by atoms with Crippen molar-refractivity contribution in [2.24, 2.45) is 0 Å². The Morgan fingerprint density at radius 1 is 1.04 bits per heavy atom. The molecule has 4 nitrogen and oxygen atoms in total.